The molecule has 0 aliphatic rings. The fourth-order valence-electron chi connectivity index (χ4n) is 3.26. The van der Waals surface area contributed by atoms with Gasteiger partial charge in [0.2, 0.25) is 0 Å². The summed E-state index contributed by atoms with van der Waals surface area (Å²) in [6.07, 6.45) is -0.0562. The highest BCUT2D eigenvalue weighted by molar-refractivity contribution is 5.94. The summed E-state index contributed by atoms with van der Waals surface area (Å²) in [5.74, 6) is -1.19. The molecule has 7 heteroatoms. The lowest BCUT2D eigenvalue weighted by Crippen LogP contribution is -2.30. The lowest BCUT2D eigenvalue weighted by molar-refractivity contribution is -0.141. The Morgan fingerprint density at radius 1 is 1.13 bits per heavy atom. The van der Waals surface area contributed by atoms with E-state index in [1.54, 1.807) is 24.3 Å². The van der Waals surface area contributed by atoms with Crippen LogP contribution >= 0.6 is 0 Å². The highest BCUT2D eigenvalue weighted by Crippen LogP contribution is 2.19. The minimum atomic E-state index is -0.634. The number of esters is 1. The van der Waals surface area contributed by atoms with Gasteiger partial charge in [-0.2, -0.15) is 5.10 Å². The van der Waals surface area contributed by atoms with Gasteiger partial charge >= 0.3 is 5.97 Å². The second kappa shape index (κ2) is 9.35. The van der Waals surface area contributed by atoms with Gasteiger partial charge in [0.05, 0.1) is 31.8 Å². The van der Waals surface area contributed by atoms with E-state index < -0.39 is 17.8 Å². The molecule has 3 rings (SSSR count). The van der Waals surface area contributed by atoms with E-state index in [1.165, 1.54) is 19.2 Å². The maximum absolute atomic E-state index is 13.3. The fraction of sp³-hybridized carbons (Fsp3) is 0.261. The van der Waals surface area contributed by atoms with Crippen LogP contribution in [0.5, 0.6) is 0 Å². The Morgan fingerprint density at radius 3 is 2.50 bits per heavy atom. The molecule has 0 aliphatic carbocycles. The Bertz CT molecular complexity index is 1040. The Morgan fingerprint density at radius 2 is 1.87 bits per heavy atom. The number of halogens is 1. The minimum absolute atomic E-state index is 0.0562. The normalized spacial score (nSPS) is 11.7. The largest absolute Gasteiger partial charge is 0.469 e. The predicted octanol–water partition coefficient (Wildman–Crippen LogP) is 3.72. The molecule has 0 saturated carbocycles. The van der Waals surface area contributed by atoms with Crippen LogP contribution in [-0.2, 0) is 16.1 Å². The molecule has 0 radical (unpaired) electrons. The Hall–Kier alpha value is -3.48. The number of methoxy groups -OCH3 is 1. The minimum Gasteiger partial charge on any atom is -0.469 e. The van der Waals surface area contributed by atoms with Crippen LogP contribution in [0.4, 0.5) is 4.39 Å². The summed E-state index contributed by atoms with van der Waals surface area (Å²) < 4.78 is 19.9. The van der Waals surface area contributed by atoms with Gasteiger partial charge in [-0.05, 0) is 55.3 Å². The maximum atomic E-state index is 13.3. The van der Waals surface area contributed by atoms with Crippen LogP contribution in [-0.4, -0.2) is 28.8 Å². The van der Waals surface area contributed by atoms with Crippen molar-refractivity contribution in [2.75, 3.05) is 7.11 Å². The molecule has 0 aliphatic heterocycles. The van der Waals surface area contributed by atoms with Crippen LogP contribution in [0.1, 0.15) is 45.3 Å². The molecule has 1 atom stereocenters. The zero-order valence-electron chi connectivity index (χ0n) is 17.2. The van der Waals surface area contributed by atoms with Gasteiger partial charge in [0.1, 0.15) is 5.82 Å². The molecule has 0 saturated heterocycles. The summed E-state index contributed by atoms with van der Waals surface area (Å²) in [5, 5.41) is 7.31. The Kier molecular flexibility index (Phi) is 6.61. The van der Waals surface area contributed by atoms with Crippen LogP contribution in [0.25, 0.3) is 0 Å². The SMILES string of the molecule is COC(=O)C[C@@H](NC(=O)c1cccc(Cn2nc(C)cc2C)c1)c1ccc(F)cc1. The van der Waals surface area contributed by atoms with E-state index in [-0.39, 0.29) is 12.3 Å². The highest BCUT2D eigenvalue weighted by atomic mass is 19.1. The molecule has 3 aromatic rings. The predicted molar refractivity (Wildman–Crippen MR) is 110 cm³/mol. The number of aromatic nitrogens is 2. The zero-order chi connectivity index (χ0) is 21.7. The van der Waals surface area contributed by atoms with Crippen molar-refractivity contribution in [3.63, 3.8) is 0 Å². The number of hydrogen-bond acceptors (Lipinski definition) is 4. The third kappa shape index (κ3) is 5.31. The van der Waals surface area contributed by atoms with E-state index in [9.17, 15) is 14.0 Å². The lowest BCUT2D eigenvalue weighted by atomic mass is 10.0. The molecule has 1 aromatic heterocycles. The number of hydrogen-bond donors (Lipinski definition) is 1. The molecule has 1 amide bonds. The molecule has 0 unspecified atom stereocenters. The van der Waals surface area contributed by atoms with Crippen LogP contribution in [0.2, 0.25) is 0 Å². The molecule has 1 N–H and O–H groups in total. The van der Waals surface area contributed by atoms with Crippen LogP contribution in [0.3, 0.4) is 0 Å². The van der Waals surface area contributed by atoms with Crippen LogP contribution in [0.15, 0.2) is 54.6 Å². The van der Waals surface area contributed by atoms with Crippen molar-refractivity contribution < 1.29 is 18.7 Å². The standard InChI is InChI=1S/C23H24FN3O3/c1-15-11-16(2)27(26-15)14-17-5-4-6-19(12-17)23(29)25-21(13-22(28)30-3)18-7-9-20(24)10-8-18/h4-12,21H,13-14H2,1-3H3,(H,25,29)/t21-/m1/s1. The van der Waals surface area contributed by atoms with Gasteiger partial charge in [-0.15, -0.1) is 0 Å². The van der Waals surface area contributed by atoms with Gasteiger partial charge in [-0.3, -0.25) is 14.3 Å². The van der Waals surface area contributed by atoms with Crippen LogP contribution in [0, 0.1) is 19.7 Å². The summed E-state index contributed by atoms with van der Waals surface area (Å²) in [5.41, 5.74) is 3.99. The van der Waals surface area contributed by atoms with Crippen molar-refractivity contribution in [2.45, 2.75) is 32.9 Å². The number of carbonyl (C=O) groups is 2. The van der Waals surface area contributed by atoms with E-state index in [4.69, 9.17) is 4.74 Å². The number of carbonyl (C=O) groups excluding carboxylic acids is 2. The van der Waals surface area contributed by atoms with Gasteiger partial charge in [-0.25, -0.2) is 4.39 Å². The molecular weight excluding hydrogens is 385 g/mol. The first-order valence-corrected chi connectivity index (χ1v) is 9.59. The van der Waals surface area contributed by atoms with E-state index in [2.05, 4.69) is 10.4 Å². The van der Waals surface area contributed by atoms with Gasteiger partial charge in [0, 0.05) is 11.3 Å². The van der Waals surface area contributed by atoms with Crippen molar-refractivity contribution in [2.24, 2.45) is 0 Å². The van der Waals surface area contributed by atoms with Crippen molar-refractivity contribution in [1.29, 1.82) is 0 Å². The average Bonchev–Trinajstić information content (AvgIpc) is 3.04. The van der Waals surface area contributed by atoms with Crippen molar-refractivity contribution in [3.05, 3.63) is 88.5 Å². The smallest absolute Gasteiger partial charge is 0.307 e. The molecule has 156 valence electrons. The first kappa shape index (κ1) is 21.2. The number of benzene rings is 2. The number of nitrogens with zero attached hydrogens (tertiary/aromatic N) is 2. The van der Waals surface area contributed by atoms with E-state index in [0.29, 0.717) is 17.7 Å². The Balaban J connectivity index is 1.78. The molecule has 0 bridgehead atoms. The van der Waals surface area contributed by atoms with Crippen molar-refractivity contribution in [3.8, 4) is 0 Å². The second-order valence-corrected chi connectivity index (χ2v) is 7.14. The van der Waals surface area contributed by atoms with Crippen molar-refractivity contribution >= 4 is 11.9 Å². The van der Waals surface area contributed by atoms with Gasteiger partial charge in [-0.1, -0.05) is 24.3 Å². The van der Waals surface area contributed by atoms with Gasteiger partial charge < -0.3 is 10.1 Å². The number of nitrogens with one attached hydrogen (secondary N) is 1. The number of ether oxygens (including phenoxy) is 1. The summed E-state index contributed by atoms with van der Waals surface area (Å²) in [6, 6.07) is 14.3. The van der Waals surface area contributed by atoms with Crippen molar-refractivity contribution in [1.82, 2.24) is 15.1 Å². The molecule has 30 heavy (non-hydrogen) atoms. The molecule has 0 spiro atoms. The van der Waals surface area contributed by atoms with Gasteiger partial charge in [0.25, 0.3) is 5.91 Å². The van der Waals surface area contributed by atoms with Crippen LogP contribution < -0.4 is 5.32 Å². The second-order valence-electron chi connectivity index (χ2n) is 7.14. The summed E-state index contributed by atoms with van der Waals surface area (Å²) in [6.45, 7) is 4.46. The topological polar surface area (TPSA) is 73.2 Å². The number of rotatable bonds is 7. The highest BCUT2D eigenvalue weighted by Gasteiger charge is 2.20. The molecule has 2 aromatic carbocycles. The van der Waals surface area contributed by atoms with E-state index in [1.807, 2.05) is 36.7 Å². The fourth-order valence-corrected chi connectivity index (χ4v) is 3.26. The maximum Gasteiger partial charge on any atom is 0.307 e. The average molecular weight is 409 g/mol. The molecule has 6 nitrogen and oxygen atoms in total. The first-order chi connectivity index (χ1) is 14.4. The molecule has 0 fully saturated rings. The Labute approximate surface area is 174 Å². The first-order valence-electron chi connectivity index (χ1n) is 9.59. The number of amides is 1. The third-order valence-corrected chi connectivity index (χ3v) is 4.80. The third-order valence-electron chi connectivity index (χ3n) is 4.80. The molecule has 1 heterocycles. The quantitative estimate of drug-likeness (QED) is 0.604. The van der Waals surface area contributed by atoms with E-state index >= 15 is 0 Å². The van der Waals surface area contributed by atoms with Gasteiger partial charge in [0.15, 0.2) is 0 Å². The lowest BCUT2D eigenvalue weighted by Gasteiger charge is -2.18. The number of aryl methyl sites for hydroxylation is 2. The summed E-state index contributed by atoms with van der Waals surface area (Å²) in [7, 11) is 1.29. The van der Waals surface area contributed by atoms with E-state index in [0.717, 1.165) is 17.0 Å². The summed E-state index contributed by atoms with van der Waals surface area (Å²) in [4.78, 5) is 24.7. The zero-order valence-corrected chi connectivity index (χ0v) is 17.2. The monoisotopic (exact) mass is 409 g/mol. The molecular formula is C23H24FN3O3. The summed E-state index contributed by atoms with van der Waals surface area (Å²) >= 11 is 0.